The van der Waals surface area contributed by atoms with E-state index in [1.165, 1.54) is 0 Å². The molecule has 0 radical (unpaired) electrons. The maximum absolute atomic E-state index is 11.1. The van der Waals surface area contributed by atoms with Crippen LogP contribution in [0.1, 0.15) is 12.0 Å². The third-order valence-corrected chi connectivity index (χ3v) is 1.72. The number of aromatic nitrogens is 1. The molecule has 5 heteroatoms. The predicted octanol–water partition coefficient (Wildman–Crippen LogP) is 0.374. The molecule has 0 aliphatic carbocycles. The number of thiocarbonyl (C=S) groups is 1. The second-order valence-corrected chi connectivity index (χ2v) is 3.30. The normalized spacial score (nSPS) is 9.43. The number of amides is 1. The van der Waals surface area contributed by atoms with Crippen molar-refractivity contribution in [2.75, 3.05) is 0 Å². The quantitative estimate of drug-likeness (QED) is 0.703. The molecule has 1 heterocycles. The van der Waals surface area contributed by atoms with Gasteiger partial charge < -0.3 is 11.1 Å². The number of rotatable bonds is 4. The number of carbonyl (C=O) groups excluding carboxylic acids is 1. The van der Waals surface area contributed by atoms with Crippen LogP contribution < -0.4 is 11.1 Å². The predicted molar refractivity (Wildman–Crippen MR) is 57.5 cm³/mol. The lowest BCUT2D eigenvalue weighted by atomic mass is 10.2. The van der Waals surface area contributed by atoms with Crippen molar-refractivity contribution in [3.8, 4) is 0 Å². The smallest absolute Gasteiger partial charge is 0.227 e. The van der Waals surface area contributed by atoms with Crippen molar-refractivity contribution in [3.63, 3.8) is 0 Å². The van der Waals surface area contributed by atoms with E-state index in [9.17, 15) is 4.79 Å². The molecule has 0 atom stereocenters. The number of nitrogens with one attached hydrogen (secondary N) is 1. The van der Waals surface area contributed by atoms with E-state index in [-0.39, 0.29) is 17.3 Å². The molecule has 0 aromatic carbocycles. The fourth-order valence-corrected chi connectivity index (χ4v) is 1.05. The van der Waals surface area contributed by atoms with Gasteiger partial charge in [-0.1, -0.05) is 12.2 Å². The molecule has 0 fully saturated rings. The molecule has 0 saturated carbocycles. The minimum Gasteiger partial charge on any atom is -0.393 e. The zero-order valence-corrected chi connectivity index (χ0v) is 8.38. The highest BCUT2D eigenvalue weighted by Crippen LogP contribution is 1.95. The van der Waals surface area contributed by atoms with Gasteiger partial charge in [-0.2, -0.15) is 0 Å². The zero-order chi connectivity index (χ0) is 10.4. The fourth-order valence-electron chi connectivity index (χ4n) is 0.922. The van der Waals surface area contributed by atoms with Crippen molar-refractivity contribution in [2.24, 2.45) is 5.73 Å². The van der Waals surface area contributed by atoms with Gasteiger partial charge in [-0.3, -0.25) is 9.78 Å². The second kappa shape index (κ2) is 5.29. The minimum absolute atomic E-state index is 0.0976. The molecular weight excluding hydrogens is 198 g/mol. The number of nitrogens with zero attached hydrogens (tertiary/aromatic N) is 1. The molecule has 3 N–H and O–H groups in total. The van der Waals surface area contributed by atoms with Crippen LogP contribution in [0.3, 0.4) is 0 Å². The third-order valence-electron chi connectivity index (χ3n) is 1.57. The van der Waals surface area contributed by atoms with Gasteiger partial charge >= 0.3 is 0 Å². The first-order valence-electron chi connectivity index (χ1n) is 4.12. The Morgan fingerprint density at radius 2 is 2.14 bits per heavy atom. The van der Waals surface area contributed by atoms with Gasteiger partial charge in [0.05, 0.1) is 11.4 Å². The van der Waals surface area contributed by atoms with Gasteiger partial charge in [-0.05, 0) is 17.7 Å². The van der Waals surface area contributed by atoms with Gasteiger partial charge in [-0.15, -0.1) is 0 Å². The van der Waals surface area contributed by atoms with E-state index in [0.717, 1.165) is 5.56 Å². The van der Waals surface area contributed by atoms with Gasteiger partial charge in [-0.25, -0.2) is 0 Å². The molecule has 74 valence electrons. The van der Waals surface area contributed by atoms with Crippen LogP contribution in [0.4, 0.5) is 0 Å². The summed E-state index contributed by atoms with van der Waals surface area (Å²) in [6, 6.07) is 3.67. The average Bonchev–Trinajstić information content (AvgIpc) is 2.15. The van der Waals surface area contributed by atoms with E-state index < -0.39 is 0 Å². The summed E-state index contributed by atoms with van der Waals surface area (Å²) in [5.74, 6) is -0.158. The maximum Gasteiger partial charge on any atom is 0.227 e. The number of nitrogens with two attached hydrogens (primary N) is 1. The van der Waals surface area contributed by atoms with Crippen molar-refractivity contribution >= 4 is 23.1 Å². The highest BCUT2D eigenvalue weighted by molar-refractivity contribution is 7.80. The van der Waals surface area contributed by atoms with Crippen molar-refractivity contribution in [3.05, 3.63) is 30.1 Å². The van der Waals surface area contributed by atoms with Crippen LogP contribution in [0.15, 0.2) is 24.5 Å². The van der Waals surface area contributed by atoms with Crippen LogP contribution in [0.2, 0.25) is 0 Å². The van der Waals surface area contributed by atoms with Gasteiger partial charge in [0, 0.05) is 18.9 Å². The highest BCUT2D eigenvalue weighted by Gasteiger charge is 2.01. The summed E-state index contributed by atoms with van der Waals surface area (Å²) in [5, 5.41) is 2.70. The lowest BCUT2D eigenvalue weighted by Gasteiger charge is -2.03. The Hall–Kier alpha value is -1.49. The third kappa shape index (κ3) is 3.95. The lowest BCUT2D eigenvalue weighted by Crippen LogP contribution is -2.27. The van der Waals surface area contributed by atoms with E-state index >= 15 is 0 Å². The van der Waals surface area contributed by atoms with Crippen molar-refractivity contribution < 1.29 is 4.79 Å². The van der Waals surface area contributed by atoms with Crippen molar-refractivity contribution in [1.29, 1.82) is 0 Å². The summed E-state index contributed by atoms with van der Waals surface area (Å²) >= 11 is 4.61. The van der Waals surface area contributed by atoms with E-state index in [1.807, 2.05) is 12.1 Å². The molecule has 0 spiro atoms. The molecular formula is C9H11N3OS. The van der Waals surface area contributed by atoms with E-state index in [2.05, 4.69) is 22.5 Å². The Balaban J connectivity index is 2.34. The van der Waals surface area contributed by atoms with Crippen LogP contribution in [0, 0.1) is 0 Å². The largest absolute Gasteiger partial charge is 0.393 e. The molecule has 0 bridgehead atoms. The first-order chi connectivity index (χ1) is 6.68. The summed E-state index contributed by atoms with van der Waals surface area (Å²) in [6.45, 7) is 0.476. The molecule has 1 aromatic rings. The Morgan fingerprint density at radius 1 is 1.50 bits per heavy atom. The van der Waals surface area contributed by atoms with Gasteiger partial charge in [0.15, 0.2) is 0 Å². The minimum atomic E-state index is -0.158. The number of carbonyl (C=O) groups is 1. The van der Waals surface area contributed by atoms with Crippen LogP contribution in [0.25, 0.3) is 0 Å². The van der Waals surface area contributed by atoms with Crippen LogP contribution in [0.5, 0.6) is 0 Å². The Labute approximate surface area is 87.5 Å². The van der Waals surface area contributed by atoms with E-state index in [4.69, 9.17) is 5.73 Å². The molecule has 4 nitrogen and oxygen atoms in total. The topological polar surface area (TPSA) is 68.0 Å². The van der Waals surface area contributed by atoms with E-state index in [0.29, 0.717) is 6.54 Å². The molecule has 14 heavy (non-hydrogen) atoms. The zero-order valence-electron chi connectivity index (χ0n) is 7.56. The molecule has 0 unspecified atom stereocenters. The summed E-state index contributed by atoms with van der Waals surface area (Å²) in [4.78, 5) is 15.2. The molecule has 1 rings (SSSR count). The first kappa shape index (κ1) is 10.6. The van der Waals surface area contributed by atoms with Crippen molar-refractivity contribution in [2.45, 2.75) is 13.0 Å². The van der Waals surface area contributed by atoms with Gasteiger partial charge in [0.1, 0.15) is 0 Å². The number of hydrogen-bond donors (Lipinski definition) is 2. The van der Waals surface area contributed by atoms with Crippen LogP contribution in [-0.4, -0.2) is 15.9 Å². The fraction of sp³-hybridized carbons (Fsp3) is 0.222. The molecule has 1 aromatic heterocycles. The summed E-state index contributed by atoms with van der Waals surface area (Å²) < 4.78 is 0. The lowest BCUT2D eigenvalue weighted by molar-refractivity contribution is -0.120. The van der Waals surface area contributed by atoms with Gasteiger partial charge in [0.25, 0.3) is 0 Å². The number of pyridine rings is 1. The Morgan fingerprint density at radius 3 is 2.71 bits per heavy atom. The van der Waals surface area contributed by atoms with E-state index in [1.54, 1.807) is 12.4 Å². The number of hydrogen-bond acceptors (Lipinski definition) is 3. The summed E-state index contributed by atoms with van der Waals surface area (Å²) in [7, 11) is 0. The Bertz CT molecular complexity index is 326. The standard InChI is InChI=1S/C9H11N3OS/c10-8(14)5-9(13)12-6-7-1-3-11-4-2-7/h1-4H,5-6H2,(H2,10,14)(H,12,13). The Kier molecular flexibility index (Phi) is 4.00. The first-order valence-corrected chi connectivity index (χ1v) is 4.53. The van der Waals surface area contributed by atoms with Crippen LogP contribution in [-0.2, 0) is 11.3 Å². The highest BCUT2D eigenvalue weighted by atomic mass is 32.1. The summed E-state index contributed by atoms with van der Waals surface area (Å²) in [6.07, 6.45) is 3.45. The monoisotopic (exact) mass is 209 g/mol. The second-order valence-electron chi connectivity index (χ2n) is 2.78. The maximum atomic E-state index is 11.1. The van der Waals surface area contributed by atoms with Crippen LogP contribution >= 0.6 is 12.2 Å². The molecule has 0 aliphatic heterocycles. The molecule has 1 amide bonds. The summed E-state index contributed by atoms with van der Waals surface area (Å²) in [5.41, 5.74) is 6.22. The van der Waals surface area contributed by atoms with Crippen molar-refractivity contribution in [1.82, 2.24) is 10.3 Å². The molecule has 0 saturated heterocycles. The average molecular weight is 209 g/mol. The SMILES string of the molecule is NC(=S)CC(=O)NCc1ccncc1. The van der Waals surface area contributed by atoms with Gasteiger partial charge in [0.2, 0.25) is 5.91 Å². The molecule has 0 aliphatic rings.